The molecule has 0 amide bonds. The van der Waals surface area contributed by atoms with E-state index in [1.54, 1.807) is 12.1 Å². The van der Waals surface area contributed by atoms with Gasteiger partial charge in [-0.05, 0) is 0 Å². The third-order valence-corrected chi connectivity index (χ3v) is 10.2. The molecule has 3 heterocycles. The van der Waals surface area contributed by atoms with Crippen LogP contribution in [0.3, 0.4) is 0 Å². The summed E-state index contributed by atoms with van der Waals surface area (Å²) in [5.74, 6) is -0.296. The molecule has 0 spiro atoms. The van der Waals surface area contributed by atoms with Crippen LogP contribution in [-0.4, -0.2) is 36.6 Å². The first kappa shape index (κ1) is 19.3. The fraction of sp³-hybridized carbons (Fsp3) is 0.103. The van der Waals surface area contributed by atoms with E-state index in [4.69, 9.17) is 0 Å². The normalized spacial score (nSPS) is 15.9. The maximum atomic E-state index is 13.0. The van der Waals surface area contributed by atoms with Crippen molar-refractivity contribution in [3.63, 3.8) is 0 Å². The summed E-state index contributed by atoms with van der Waals surface area (Å²) in [6.07, 6.45) is 1.88. The van der Waals surface area contributed by atoms with Crippen LogP contribution in [0.15, 0.2) is 78.4 Å². The van der Waals surface area contributed by atoms with Crippen molar-refractivity contribution >= 4 is 59.9 Å². The Kier molecular flexibility index (Phi) is 3.77. The van der Waals surface area contributed by atoms with Crippen LogP contribution >= 0.6 is 0 Å². The first-order valence-corrected chi connectivity index (χ1v) is 13.4. The summed E-state index contributed by atoms with van der Waals surface area (Å²) in [4.78, 5) is 26.0. The van der Waals surface area contributed by atoms with Crippen LogP contribution in [0.4, 0.5) is 0 Å². The predicted octanol–water partition coefficient (Wildman–Crippen LogP) is 5.94. The third-order valence-electron chi connectivity index (χ3n) is 7.17. The van der Waals surface area contributed by atoms with Gasteiger partial charge in [0.25, 0.3) is 0 Å². The van der Waals surface area contributed by atoms with Gasteiger partial charge in [0.15, 0.2) is 0 Å². The molecule has 0 fully saturated rings. The van der Waals surface area contributed by atoms with Gasteiger partial charge in [-0.1, -0.05) is 0 Å². The standard InChI is InChI=1S/C29H19NO2Te/c1-29(2)22-12-7-11-18-17-8-5-6-13-24(17)30(25(18)22)28-23(29)15-16(33-28)14-21-26(31)19-9-3-4-10-20(19)27(21)32/h3-15H,1-2H3. The monoisotopic (exact) mass is 543 g/mol. The van der Waals surface area contributed by atoms with Crippen molar-refractivity contribution in [1.82, 2.24) is 4.57 Å². The summed E-state index contributed by atoms with van der Waals surface area (Å²) in [5, 5.41) is 2.56. The molecule has 158 valence electrons. The van der Waals surface area contributed by atoms with E-state index in [2.05, 4.69) is 66.9 Å². The SMILES string of the molecule is CC1(C)c2cc(C=C3C(=O)c4ccccc4C3=O)[te]c2-n2c3ccccc3c3cccc1c32. The number of rotatable bonds is 1. The van der Waals surface area contributed by atoms with E-state index in [9.17, 15) is 9.59 Å². The number of carbonyl (C=O) groups excluding carboxylic acids is 2. The van der Waals surface area contributed by atoms with Crippen molar-refractivity contribution < 1.29 is 9.59 Å². The van der Waals surface area contributed by atoms with Crippen LogP contribution in [0.1, 0.15) is 49.3 Å². The van der Waals surface area contributed by atoms with Gasteiger partial charge >= 0.3 is 201 Å². The zero-order valence-corrected chi connectivity index (χ0v) is 20.5. The predicted molar refractivity (Wildman–Crippen MR) is 133 cm³/mol. The van der Waals surface area contributed by atoms with Gasteiger partial charge in [0.2, 0.25) is 0 Å². The molecule has 33 heavy (non-hydrogen) atoms. The van der Waals surface area contributed by atoms with Gasteiger partial charge < -0.3 is 0 Å². The number of Topliss-reactive ketones (excluding diaryl/α,β-unsaturated/α-hetero) is 2. The Balaban J connectivity index is 1.49. The number of aromatic nitrogens is 1. The minimum absolute atomic E-state index is 0.142. The first-order chi connectivity index (χ1) is 16.0. The number of allylic oxidation sites excluding steroid dienone is 1. The molecule has 1 aliphatic heterocycles. The van der Waals surface area contributed by atoms with Gasteiger partial charge in [0, 0.05) is 0 Å². The van der Waals surface area contributed by atoms with Crippen molar-refractivity contribution in [3.05, 3.63) is 104 Å². The van der Waals surface area contributed by atoms with Crippen LogP contribution in [0.25, 0.3) is 31.6 Å². The summed E-state index contributed by atoms with van der Waals surface area (Å²) < 4.78 is 4.97. The Bertz CT molecular complexity index is 1690. The zero-order valence-electron chi connectivity index (χ0n) is 18.2. The van der Waals surface area contributed by atoms with Gasteiger partial charge in [-0.2, -0.15) is 0 Å². The number of ketones is 2. The molecule has 2 aliphatic rings. The first-order valence-electron chi connectivity index (χ1n) is 11.0. The molecule has 0 atom stereocenters. The molecular weight excluding hydrogens is 522 g/mol. The average molecular weight is 541 g/mol. The Labute approximate surface area is 200 Å². The Morgan fingerprint density at radius 3 is 2.21 bits per heavy atom. The molecule has 0 bridgehead atoms. The number of benzene rings is 3. The van der Waals surface area contributed by atoms with Crippen LogP contribution in [0.2, 0.25) is 0 Å². The second kappa shape index (κ2) is 6.44. The minimum atomic E-state index is -0.786. The molecule has 7 rings (SSSR count). The van der Waals surface area contributed by atoms with Crippen LogP contribution in [-0.2, 0) is 5.41 Å². The summed E-state index contributed by atoms with van der Waals surface area (Å²) >= 11 is -0.786. The van der Waals surface area contributed by atoms with Crippen LogP contribution in [0.5, 0.6) is 0 Å². The van der Waals surface area contributed by atoms with Gasteiger partial charge in [0.1, 0.15) is 0 Å². The van der Waals surface area contributed by atoms with Gasteiger partial charge in [-0.3, -0.25) is 0 Å². The zero-order chi connectivity index (χ0) is 22.5. The van der Waals surface area contributed by atoms with E-state index in [-0.39, 0.29) is 17.0 Å². The van der Waals surface area contributed by atoms with E-state index in [0.717, 1.165) is 3.58 Å². The Morgan fingerprint density at radius 1 is 0.788 bits per heavy atom. The van der Waals surface area contributed by atoms with E-state index in [1.165, 1.54) is 36.6 Å². The number of para-hydroxylation sites is 2. The van der Waals surface area contributed by atoms with E-state index in [1.807, 2.05) is 18.2 Å². The molecule has 3 aromatic carbocycles. The molecule has 1 aliphatic carbocycles. The average Bonchev–Trinajstić information content (AvgIpc) is 3.47. The van der Waals surface area contributed by atoms with Crippen LogP contribution in [0, 0.1) is 0 Å². The van der Waals surface area contributed by atoms with E-state index in [0.29, 0.717) is 16.7 Å². The number of fused-ring (bicyclic) bond motifs is 6. The Morgan fingerprint density at radius 2 is 1.45 bits per heavy atom. The topological polar surface area (TPSA) is 39.1 Å². The fourth-order valence-electron chi connectivity index (χ4n) is 5.51. The van der Waals surface area contributed by atoms with Crippen molar-refractivity contribution in [2.45, 2.75) is 19.3 Å². The number of nitrogens with zero attached hydrogens (tertiary/aromatic N) is 1. The van der Waals surface area contributed by atoms with E-state index >= 15 is 0 Å². The maximum absolute atomic E-state index is 13.0. The molecule has 0 saturated carbocycles. The number of hydrogen-bond acceptors (Lipinski definition) is 2. The van der Waals surface area contributed by atoms with Crippen molar-refractivity contribution in [3.8, 4) is 3.70 Å². The second-order valence-corrected chi connectivity index (χ2v) is 12.3. The molecule has 0 unspecified atom stereocenters. The van der Waals surface area contributed by atoms with Crippen molar-refractivity contribution in [1.29, 1.82) is 0 Å². The summed E-state index contributed by atoms with van der Waals surface area (Å²) in [5.41, 5.74) is 6.39. The Hall–Kier alpha value is -3.19. The molecule has 5 aromatic rings. The molecule has 2 aromatic heterocycles. The van der Waals surface area contributed by atoms with E-state index < -0.39 is 20.4 Å². The molecule has 4 heteroatoms. The summed E-state index contributed by atoms with van der Waals surface area (Å²) in [6.45, 7) is 4.58. The fourth-order valence-corrected chi connectivity index (χ4v) is 9.17. The van der Waals surface area contributed by atoms with Gasteiger partial charge in [-0.15, -0.1) is 0 Å². The molecule has 0 saturated heterocycles. The molecular formula is C29H19NO2Te. The summed E-state index contributed by atoms with van der Waals surface area (Å²) in [7, 11) is 0. The van der Waals surface area contributed by atoms with Gasteiger partial charge in [-0.25, -0.2) is 0 Å². The van der Waals surface area contributed by atoms with Crippen molar-refractivity contribution in [2.24, 2.45) is 0 Å². The van der Waals surface area contributed by atoms with Crippen LogP contribution < -0.4 is 0 Å². The molecule has 0 radical (unpaired) electrons. The number of carbonyl (C=O) groups is 2. The van der Waals surface area contributed by atoms with Crippen molar-refractivity contribution in [2.75, 3.05) is 0 Å². The third kappa shape index (κ3) is 2.40. The number of hydrogen-bond donors (Lipinski definition) is 0. The summed E-state index contributed by atoms with van der Waals surface area (Å²) in [6, 6.07) is 24.6. The molecule has 3 nitrogen and oxygen atoms in total. The second-order valence-electron chi connectivity index (χ2n) is 9.31. The molecule has 0 N–H and O–H groups in total. The van der Waals surface area contributed by atoms with Gasteiger partial charge in [0.05, 0.1) is 0 Å². The quantitative estimate of drug-likeness (QED) is 0.150.